The second-order valence-electron chi connectivity index (χ2n) is 7.00. The fourth-order valence-corrected chi connectivity index (χ4v) is 3.50. The highest BCUT2D eigenvalue weighted by molar-refractivity contribution is 5.90. The van der Waals surface area contributed by atoms with Gasteiger partial charge in [0, 0.05) is 18.8 Å². The maximum absolute atomic E-state index is 13.3. The molecule has 0 saturated heterocycles. The lowest BCUT2D eigenvalue weighted by Gasteiger charge is -2.33. The summed E-state index contributed by atoms with van der Waals surface area (Å²) in [5.74, 6) is -0.822. The summed E-state index contributed by atoms with van der Waals surface area (Å²) in [7, 11) is 1.39. The Labute approximate surface area is 171 Å². The molecule has 1 atom stereocenters. The zero-order valence-electron chi connectivity index (χ0n) is 16.7. The zero-order valence-corrected chi connectivity index (χ0v) is 16.7. The maximum atomic E-state index is 13.3. The van der Waals surface area contributed by atoms with Crippen LogP contribution in [-0.2, 0) is 20.9 Å². The number of rotatable bonds is 6. The molecule has 0 spiro atoms. The lowest BCUT2D eigenvalue weighted by Crippen LogP contribution is -2.44. The SMILES string of the molecule is C=CCN1CC(=O)N(Cc2ccccc2)/C(c2ccccc2)=C\C(C(=O)OC)C1. The molecule has 2 aromatic carbocycles. The number of nitrogens with zero attached hydrogens (tertiary/aromatic N) is 2. The molecule has 1 aliphatic rings. The van der Waals surface area contributed by atoms with Crippen molar-refractivity contribution in [2.24, 2.45) is 5.92 Å². The number of carbonyl (C=O) groups excluding carboxylic acids is 2. The van der Waals surface area contributed by atoms with Gasteiger partial charge in [0.05, 0.1) is 26.1 Å². The summed E-state index contributed by atoms with van der Waals surface area (Å²) in [6.45, 7) is 5.33. The number of hydrogen-bond donors (Lipinski definition) is 0. The van der Waals surface area contributed by atoms with E-state index in [9.17, 15) is 9.59 Å². The molecule has 1 heterocycles. The molecular formula is C24H26N2O3. The Morgan fingerprint density at radius 1 is 1.14 bits per heavy atom. The molecule has 1 aliphatic heterocycles. The number of carbonyl (C=O) groups is 2. The van der Waals surface area contributed by atoms with E-state index in [2.05, 4.69) is 6.58 Å². The lowest BCUT2D eigenvalue weighted by molar-refractivity contribution is -0.145. The Kier molecular flexibility index (Phi) is 6.98. The van der Waals surface area contributed by atoms with E-state index < -0.39 is 5.92 Å². The number of amides is 1. The minimum Gasteiger partial charge on any atom is -0.469 e. The summed E-state index contributed by atoms with van der Waals surface area (Å²) in [5.41, 5.74) is 2.64. The minimum absolute atomic E-state index is 0.0193. The van der Waals surface area contributed by atoms with Gasteiger partial charge in [0.1, 0.15) is 0 Å². The number of hydrogen-bond acceptors (Lipinski definition) is 4. The number of esters is 1. The van der Waals surface area contributed by atoms with Crippen LogP contribution >= 0.6 is 0 Å². The molecule has 0 saturated carbocycles. The van der Waals surface area contributed by atoms with Gasteiger partial charge in [-0.3, -0.25) is 14.5 Å². The van der Waals surface area contributed by atoms with E-state index in [-0.39, 0.29) is 18.4 Å². The van der Waals surface area contributed by atoms with Gasteiger partial charge in [-0.25, -0.2) is 0 Å². The first-order valence-electron chi connectivity index (χ1n) is 9.65. The van der Waals surface area contributed by atoms with Crippen LogP contribution in [0, 0.1) is 5.92 Å². The summed E-state index contributed by atoms with van der Waals surface area (Å²) >= 11 is 0. The third-order valence-corrected chi connectivity index (χ3v) is 4.91. The van der Waals surface area contributed by atoms with Crippen molar-refractivity contribution >= 4 is 17.6 Å². The first-order chi connectivity index (χ1) is 14.1. The Morgan fingerprint density at radius 2 is 1.79 bits per heavy atom. The molecule has 0 radical (unpaired) electrons. The molecule has 5 nitrogen and oxygen atoms in total. The summed E-state index contributed by atoms with van der Waals surface area (Å²) in [5, 5.41) is 0. The summed E-state index contributed by atoms with van der Waals surface area (Å²) < 4.78 is 5.04. The van der Waals surface area contributed by atoms with E-state index in [1.165, 1.54) is 7.11 Å². The van der Waals surface area contributed by atoms with Gasteiger partial charge in [0.15, 0.2) is 0 Å². The topological polar surface area (TPSA) is 49.9 Å². The van der Waals surface area contributed by atoms with E-state index in [4.69, 9.17) is 4.74 Å². The highest BCUT2D eigenvalue weighted by atomic mass is 16.5. The van der Waals surface area contributed by atoms with Crippen LogP contribution in [0.2, 0.25) is 0 Å². The van der Waals surface area contributed by atoms with Crippen LogP contribution in [0.3, 0.4) is 0 Å². The smallest absolute Gasteiger partial charge is 0.313 e. The van der Waals surface area contributed by atoms with Crippen LogP contribution in [0.4, 0.5) is 0 Å². The lowest BCUT2D eigenvalue weighted by atomic mass is 10.0. The second-order valence-corrected chi connectivity index (χ2v) is 7.00. The first kappa shape index (κ1) is 20.6. The largest absolute Gasteiger partial charge is 0.469 e. The minimum atomic E-state index is -0.485. The molecule has 150 valence electrons. The first-order valence-corrected chi connectivity index (χ1v) is 9.65. The predicted octanol–water partition coefficient (Wildman–Crippen LogP) is 3.35. The van der Waals surface area contributed by atoms with Crippen LogP contribution in [0.5, 0.6) is 0 Å². The molecular weight excluding hydrogens is 364 g/mol. The fourth-order valence-electron chi connectivity index (χ4n) is 3.50. The van der Waals surface area contributed by atoms with Gasteiger partial charge in [-0.1, -0.05) is 66.7 Å². The van der Waals surface area contributed by atoms with E-state index in [0.717, 1.165) is 16.8 Å². The normalized spacial score (nSPS) is 19.6. The standard InChI is InChI=1S/C24H26N2O3/c1-3-14-25-17-21(24(28)29-2)15-22(20-12-8-5-9-13-20)26(23(27)18-25)16-19-10-6-4-7-11-19/h3-13,15,21H,1,14,16-18H2,2H3/b22-15-. The van der Waals surface area contributed by atoms with Crippen molar-refractivity contribution < 1.29 is 14.3 Å². The fraction of sp³-hybridized carbons (Fsp3) is 0.250. The number of benzene rings is 2. The molecule has 0 bridgehead atoms. The molecule has 29 heavy (non-hydrogen) atoms. The van der Waals surface area contributed by atoms with Gasteiger partial charge < -0.3 is 9.64 Å². The quantitative estimate of drug-likeness (QED) is 0.561. The van der Waals surface area contributed by atoms with Crippen LogP contribution in [0.15, 0.2) is 79.4 Å². The van der Waals surface area contributed by atoms with Crippen molar-refractivity contribution in [3.05, 3.63) is 90.5 Å². The third-order valence-electron chi connectivity index (χ3n) is 4.91. The molecule has 2 aromatic rings. The molecule has 1 amide bonds. The van der Waals surface area contributed by atoms with E-state index in [1.54, 1.807) is 11.0 Å². The Balaban J connectivity index is 2.08. The number of ether oxygens (including phenoxy) is 1. The molecule has 0 N–H and O–H groups in total. The average molecular weight is 390 g/mol. The van der Waals surface area contributed by atoms with Crippen molar-refractivity contribution in [1.29, 1.82) is 0 Å². The Morgan fingerprint density at radius 3 is 2.41 bits per heavy atom. The number of methoxy groups -OCH3 is 1. The Hall–Kier alpha value is -3.18. The van der Waals surface area contributed by atoms with E-state index in [0.29, 0.717) is 19.6 Å². The van der Waals surface area contributed by atoms with Crippen LogP contribution in [0.1, 0.15) is 11.1 Å². The molecule has 5 heteroatoms. The molecule has 0 aromatic heterocycles. The summed E-state index contributed by atoms with van der Waals surface area (Å²) in [4.78, 5) is 29.4. The Bertz CT molecular complexity index is 878. The van der Waals surface area contributed by atoms with Gasteiger partial charge in [-0.05, 0) is 17.2 Å². The second kappa shape index (κ2) is 9.85. The highest BCUT2D eigenvalue weighted by Gasteiger charge is 2.30. The van der Waals surface area contributed by atoms with Gasteiger partial charge in [0.25, 0.3) is 0 Å². The molecule has 0 fully saturated rings. The molecule has 3 rings (SSSR count). The van der Waals surface area contributed by atoms with Crippen LogP contribution in [0.25, 0.3) is 5.70 Å². The highest BCUT2D eigenvalue weighted by Crippen LogP contribution is 2.27. The van der Waals surface area contributed by atoms with Gasteiger partial charge in [-0.2, -0.15) is 0 Å². The van der Waals surface area contributed by atoms with E-state index in [1.807, 2.05) is 71.6 Å². The van der Waals surface area contributed by atoms with Crippen LogP contribution < -0.4 is 0 Å². The zero-order chi connectivity index (χ0) is 20.6. The van der Waals surface area contributed by atoms with Gasteiger partial charge in [-0.15, -0.1) is 6.58 Å². The van der Waals surface area contributed by atoms with Crippen LogP contribution in [-0.4, -0.2) is 48.4 Å². The summed E-state index contributed by atoms with van der Waals surface area (Å²) in [6.07, 6.45) is 3.60. The molecule has 0 aliphatic carbocycles. The van der Waals surface area contributed by atoms with Crippen molar-refractivity contribution in [3.63, 3.8) is 0 Å². The average Bonchev–Trinajstić information content (AvgIpc) is 2.75. The van der Waals surface area contributed by atoms with Gasteiger partial charge >= 0.3 is 5.97 Å². The molecule has 1 unspecified atom stereocenters. The van der Waals surface area contributed by atoms with Gasteiger partial charge in [0.2, 0.25) is 5.91 Å². The monoisotopic (exact) mass is 390 g/mol. The van der Waals surface area contributed by atoms with E-state index >= 15 is 0 Å². The van der Waals surface area contributed by atoms with Crippen molar-refractivity contribution in [2.75, 3.05) is 26.7 Å². The maximum Gasteiger partial charge on any atom is 0.313 e. The van der Waals surface area contributed by atoms with Crippen molar-refractivity contribution in [1.82, 2.24) is 9.80 Å². The summed E-state index contributed by atoms with van der Waals surface area (Å²) in [6, 6.07) is 19.5. The third kappa shape index (κ3) is 5.21. The van der Waals surface area contributed by atoms with Crippen molar-refractivity contribution in [3.8, 4) is 0 Å². The predicted molar refractivity (Wildman–Crippen MR) is 114 cm³/mol. The van der Waals surface area contributed by atoms with Crippen molar-refractivity contribution in [2.45, 2.75) is 6.54 Å².